The third-order valence-corrected chi connectivity index (χ3v) is 2.71. The van der Waals surface area contributed by atoms with E-state index in [0.29, 0.717) is 31.5 Å². The molecule has 0 atom stereocenters. The number of nitrogens with one attached hydrogen (secondary N) is 2. The van der Waals surface area contributed by atoms with E-state index in [0.717, 1.165) is 0 Å². The van der Waals surface area contributed by atoms with Crippen LogP contribution in [0.3, 0.4) is 0 Å². The molecule has 0 heterocycles. The Bertz CT molecular complexity index is 481. The summed E-state index contributed by atoms with van der Waals surface area (Å²) in [6.45, 7) is 4.45. The van der Waals surface area contributed by atoms with Crippen molar-refractivity contribution in [2.75, 3.05) is 13.1 Å². The molecule has 2 amide bonds. The van der Waals surface area contributed by atoms with Gasteiger partial charge in [0.1, 0.15) is 5.82 Å². The molecule has 1 aromatic carbocycles. The number of hydrogen-bond donors (Lipinski definition) is 3. The molecule has 21 heavy (non-hydrogen) atoms. The molecule has 0 saturated carbocycles. The molecule has 0 aliphatic carbocycles. The Labute approximate surface area is 124 Å². The van der Waals surface area contributed by atoms with Gasteiger partial charge in [-0.25, -0.2) is 4.39 Å². The van der Waals surface area contributed by atoms with Gasteiger partial charge in [0.15, 0.2) is 0 Å². The van der Waals surface area contributed by atoms with E-state index < -0.39 is 5.54 Å². The lowest BCUT2D eigenvalue weighted by molar-refractivity contribution is -0.121. The number of benzene rings is 1. The van der Waals surface area contributed by atoms with Crippen LogP contribution in [0.15, 0.2) is 24.3 Å². The monoisotopic (exact) mass is 295 g/mol. The molecule has 1 aromatic rings. The maximum Gasteiger partial charge on any atom is 0.251 e. The average Bonchev–Trinajstić information content (AvgIpc) is 2.41. The van der Waals surface area contributed by atoms with Crippen molar-refractivity contribution in [1.29, 1.82) is 0 Å². The summed E-state index contributed by atoms with van der Waals surface area (Å²) in [7, 11) is 0. The van der Waals surface area contributed by atoms with Crippen molar-refractivity contribution in [1.82, 2.24) is 10.6 Å². The standard InChI is InChI=1S/C15H22FN3O2/c1-15(2,17)10-19-13(20)4-3-9-18-14(21)11-5-7-12(16)8-6-11/h5-8H,3-4,9-10,17H2,1-2H3,(H,18,21)(H,19,20). The highest BCUT2D eigenvalue weighted by molar-refractivity contribution is 5.94. The van der Waals surface area contributed by atoms with E-state index >= 15 is 0 Å². The van der Waals surface area contributed by atoms with Crippen LogP contribution >= 0.6 is 0 Å². The third-order valence-electron chi connectivity index (χ3n) is 2.71. The van der Waals surface area contributed by atoms with Crippen LogP contribution in [0, 0.1) is 5.82 Å². The van der Waals surface area contributed by atoms with E-state index in [1.807, 2.05) is 13.8 Å². The molecule has 0 fully saturated rings. The molecule has 0 radical (unpaired) electrons. The van der Waals surface area contributed by atoms with Crippen molar-refractivity contribution in [2.45, 2.75) is 32.2 Å². The zero-order valence-corrected chi connectivity index (χ0v) is 12.4. The van der Waals surface area contributed by atoms with Crippen molar-refractivity contribution >= 4 is 11.8 Å². The lowest BCUT2D eigenvalue weighted by atomic mass is 10.1. The third kappa shape index (κ3) is 7.41. The topological polar surface area (TPSA) is 84.2 Å². The van der Waals surface area contributed by atoms with Crippen LogP contribution in [0.25, 0.3) is 0 Å². The van der Waals surface area contributed by atoms with Gasteiger partial charge in [-0.2, -0.15) is 0 Å². The molecule has 0 spiro atoms. The molecule has 1 rings (SSSR count). The van der Waals surface area contributed by atoms with Gasteiger partial charge in [-0.1, -0.05) is 0 Å². The molecule has 0 unspecified atom stereocenters. The van der Waals surface area contributed by atoms with E-state index in [-0.39, 0.29) is 17.6 Å². The van der Waals surface area contributed by atoms with Gasteiger partial charge in [-0.05, 0) is 44.5 Å². The highest BCUT2D eigenvalue weighted by Gasteiger charge is 2.12. The molecule has 0 saturated heterocycles. The highest BCUT2D eigenvalue weighted by Crippen LogP contribution is 2.02. The number of carbonyl (C=O) groups excluding carboxylic acids is 2. The van der Waals surface area contributed by atoms with Gasteiger partial charge in [0, 0.05) is 30.6 Å². The van der Waals surface area contributed by atoms with Crippen LogP contribution < -0.4 is 16.4 Å². The molecule has 116 valence electrons. The minimum absolute atomic E-state index is 0.0930. The zero-order chi connectivity index (χ0) is 15.9. The first kappa shape index (κ1) is 17.1. The van der Waals surface area contributed by atoms with Gasteiger partial charge >= 0.3 is 0 Å². The van der Waals surface area contributed by atoms with Crippen molar-refractivity contribution in [2.24, 2.45) is 5.73 Å². The van der Waals surface area contributed by atoms with Crippen molar-refractivity contribution in [3.05, 3.63) is 35.6 Å². The Kier molecular flexibility index (Phi) is 6.30. The number of hydrogen-bond acceptors (Lipinski definition) is 3. The van der Waals surface area contributed by atoms with E-state index in [9.17, 15) is 14.0 Å². The van der Waals surface area contributed by atoms with Crippen LogP contribution in [0.1, 0.15) is 37.0 Å². The first-order valence-corrected chi connectivity index (χ1v) is 6.87. The minimum atomic E-state index is -0.438. The fourth-order valence-corrected chi connectivity index (χ4v) is 1.57. The molecule has 0 aliphatic heterocycles. The smallest absolute Gasteiger partial charge is 0.251 e. The Balaban J connectivity index is 2.20. The fraction of sp³-hybridized carbons (Fsp3) is 0.467. The molecular formula is C15H22FN3O2. The molecule has 5 nitrogen and oxygen atoms in total. The van der Waals surface area contributed by atoms with Crippen LogP contribution in [-0.2, 0) is 4.79 Å². The molecule has 0 bridgehead atoms. The van der Waals surface area contributed by atoms with Crippen molar-refractivity contribution in [3.8, 4) is 0 Å². The lowest BCUT2D eigenvalue weighted by Crippen LogP contribution is -2.45. The summed E-state index contributed by atoms with van der Waals surface area (Å²) in [5.41, 5.74) is 5.71. The van der Waals surface area contributed by atoms with Gasteiger partial charge in [0.05, 0.1) is 0 Å². The van der Waals surface area contributed by atoms with Crippen LogP contribution in [-0.4, -0.2) is 30.4 Å². The molecule has 0 aromatic heterocycles. The first-order valence-electron chi connectivity index (χ1n) is 6.87. The lowest BCUT2D eigenvalue weighted by Gasteiger charge is -2.18. The number of halogens is 1. The van der Waals surface area contributed by atoms with Crippen molar-refractivity contribution in [3.63, 3.8) is 0 Å². The van der Waals surface area contributed by atoms with Crippen LogP contribution in [0.4, 0.5) is 4.39 Å². The number of amides is 2. The van der Waals surface area contributed by atoms with E-state index in [1.54, 1.807) is 0 Å². The minimum Gasteiger partial charge on any atom is -0.354 e. The van der Waals surface area contributed by atoms with Crippen LogP contribution in [0.5, 0.6) is 0 Å². The largest absolute Gasteiger partial charge is 0.354 e. The summed E-state index contributed by atoms with van der Waals surface area (Å²) >= 11 is 0. The highest BCUT2D eigenvalue weighted by atomic mass is 19.1. The zero-order valence-electron chi connectivity index (χ0n) is 12.4. The van der Waals surface area contributed by atoms with E-state index in [4.69, 9.17) is 5.73 Å². The molecule has 6 heteroatoms. The summed E-state index contributed by atoms with van der Waals surface area (Å²) in [5.74, 6) is -0.755. The normalized spacial score (nSPS) is 11.0. The van der Waals surface area contributed by atoms with Gasteiger partial charge < -0.3 is 16.4 Å². The number of rotatable bonds is 7. The second kappa shape index (κ2) is 7.73. The van der Waals surface area contributed by atoms with Crippen LogP contribution in [0.2, 0.25) is 0 Å². The number of carbonyl (C=O) groups is 2. The van der Waals surface area contributed by atoms with Gasteiger partial charge in [0.25, 0.3) is 5.91 Å². The predicted molar refractivity (Wildman–Crippen MR) is 79.2 cm³/mol. The predicted octanol–water partition coefficient (Wildman–Crippen LogP) is 1.19. The SMILES string of the molecule is CC(C)(N)CNC(=O)CCCNC(=O)c1ccc(F)cc1. The van der Waals surface area contributed by atoms with Gasteiger partial charge in [-0.15, -0.1) is 0 Å². The van der Waals surface area contributed by atoms with E-state index in [1.165, 1.54) is 24.3 Å². The summed E-state index contributed by atoms with van der Waals surface area (Å²) in [6, 6.07) is 5.30. The first-order chi connectivity index (χ1) is 9.78. The quantitative estimate of drug-likeness (QED) is 0.661. The maximum atomic E-state index is 12.7. The van der Waals surface area contributed by atoms with Gasteiger partial charge in [-0.3, -0.25) is 9.59 Å². The Morgan fingerprint density at radius 3 is 2.38 bits per heavy atom. The Morgan fingerprint density at radius 1 is 1.19 bits per heavy atom. The Hall–Kier alpha value is -1.95. The maximum absolute atomic E-state index is 12.7. The van der Waals surface area contributed by atoms with Gasteiger partial charge in [0.2, 0.25) is 5.91 Å². The van der Waals surface area contributed by atoms with Crippen molar-refractivity contribution < 1.29 is 14.0 Å². The molecule has 4 N–H and O–H groups in total. The fourth-order valence-electron chi connectivity index (χ4n) is 1.57. The second-order valence-corrected chi connectivity index (χ2v) is 5.63. The molecule has 0 aliphatic rings. The van der Waals surface area contributed by atoms with E-state index in [2.05, 4.69) is 10.6 Å². The number of nitrogens with two attached hydrogens (primary N) is 1. The summed E-state index contributed by atoms with van der Waals surface area (Å²) in [6.07, 6.45) is 0.851. The second-order valence-electron chi connectivity index (χ2n) is 5.63. The summed E-state index contributed by atoms with van der Waals surface area (Å²) < 4.78 is 12.7. The summed E-state index contributed by atoms with van der Waals surface area (Å²) in [4.78, 5) is 23.2. The molecular weight excluding hydrogens is 273 g/mol. The average molecular weight is 295 g/mol. The summed E-state index contributed by atoms with van der Waals surface area (Å²) in [5, 5.41) is 5.41. The Morgan fingerprint density at radius 2 is 1.81 bits per heavy atom.